The summed E-state index contributed by atoms with van der Waals surface area (Å²) in [5.74, 6) is 0. The Morgan fingerprint density at radius 3 is 2.64 bits per heavy atom. The second-order valence-electron chi connectivity index (χ2n) is 6.96. The Hall–Kier alpha value is -2.70. The van der Waals surface area contributed by atoms with Gasteiger partial charge in [0.1, 0.15) is 0 Å². The number of benzene rings is 2. The Bertz CT molecular complexity index is 1030. The molecule has 0 atom stereocenters. The quantitative estimate of drug-likeness (QED) is 0.555. The summed E-state index contributed by atoms with van der Waals surface area (Å²) in [6.07, 6.45) is 0.570. The van der Waals surface area contributed by atoms with Gasteiger partial charge in [-0.25, -0.2) is 0 Å². The fraction of sp³-hybridized carbons (Fsp3) is 0.273. The van der Waals surface area contributed by atoms with Gasteiger partial charge < -0.3 is 20.3 Å². The van der Waals surface area contributed by atoms with E-state index in [-0.39, 0.29) is 12.2 Å². The third kappa shape index (κ3) is 4.77. The van der Waals surface area contributed by atoms with Crippen LogP contribution in [0.25, 0.3) is 10.9 Å². The van der Waals surface area contributed by atoms with Gasteiger partial charge in [0.25, 0.3) is 5.56 Å². The Morgan fingerprint density at radius 2 is 1.93 bits per heavy atom. The van der Waals surface area contributed by atoms with Crippen molar-refractivity contribution in [3.63, 3.8) is 0 Å². The number of anilines is 1. The lowest BCUT2D eigenvalue weighted by atomic mass is 10.1. The minimum absolute atomic E-state index is 0.0664. The summed E-state index contributed by atoms with van der Waals surface area (Å²) in [6.45, 7) is 5.00. The fourth-order valence-corrected chi connectivity index (χ4v) is 3.38. The number of nitrogens with zero attached hydrogens (tertiary/aromatic N) is 1. The highest BCUT2D eigenvalue weighted by molar-refractivity contribution is 7.80. The maximum Gasteiger partial charge on any atom is 0.253 e. The van der Waals surface area contributed by atoms with Gasteiger partial charge in [-0.2, -0.15) is 0 Å². The molecule has 0 aliphatic carbocycles. The largest absolute Gasteiger partial charge is 0.396 e. The number of hydrogen-bond acceptors (Lipinski definition) is 3. The van der Waals surface area contributed by atoms with Crippen molar-refractivity contribution in [3.8, 4) is 0 Å². The predicted octanol–water partition coefficient (Wildman–Crippen LogP) is 3.73. The number of hydrogen-bond donors (Lipinski definition) is 3. The lowest BCUT2D eigenvalue weighted by Crippen LogP contribution is -2.37. The van der Waals surface area contributed by atoms with Crippen molar-refractivity contribution >= 4 is 33.9 Å². The highest BCUT2D eigenvalue weighted by Crippen LogP contribution is 2.17. The van der Waals surface area contributed by atoms with Crippen LogP contribution >= 0.6 is 12.2 Å². The van der Waals surface area contributed by atoms with Gasteiger partial charge in [0.05, 0.1) is 12.1 Å². The maximum absolute atomic E-state index is 12.6. The summed E-state index contributed by atoms with van der Waals surface area (Å²) >= 11 is 5.58. The summed E-state index contributed by atoms with van der Waals surface area (Å²) in [5, 5.41) is 14.0. The first-order valence-corrected chi connectivity index (χ1v) is 9.74. The minimum atomic E-state index is -0.117. The summed E-state index contributed by atoms with van der Waals surface area (Å²) < 4.78 is 0. The molecule has 3 N–H and O–H groups in total. The van der Waals surface area contributed by atoms with Crippen molar-refractivity contribution in [2.24, 2.45) is 0 Å². The zero-order chi connectivity index (χ0) is 20.1. The number of aliphatic hydroxyl groups excluding tert-OH is 1. The first kappa shape index (κ1) is 20.0. The van der Waals surface area contributed by atoms with E-state index in [0.29, 0.717) is 30.2 Å². The summed E-state index contributed by atoms with van der Waals surface area (Å²) in [7, 11) is 0. The van der Waals surface area contributed by atoms with Crippen molar-refractivity contribution in [1.82, 2.24) is 9.88 Å². The third-order valence-electron chi connectivity index (χ3n) is 4.70. The molecular weight excluding hydrogens is 370 g/mol. The number of aryl methyl sites for hydroxylation is 2. The smallest absolute Gasteiger partial charge is 0.253 e. The van der Waals surface area contributed by atoms with Gasteiger partial charge in [0.2, 0.25) is 0 Å². The maximum atomic E-state index is 12.6. The molecule has 0 amide bonds. The number of rotatable bonds is 6. The van der Waals surface area contributed by atoms with Crippen molar-refractivity contribution in [3.05, 3.63) is 75.6 Å². The molecule has 0 fully saturated rings. The van der Waals surface area contributed by atoms with Crippen LogP contribution in [0.1, 0.15) is 23.1 Å². The molecule has 0 bridgehead atoms. The van der Waals surface area contributed by atoms with Crippen molar-refractivity contribution in [2.45, 2.75) is 26.8 Å². The molecule has 3 aromatic rings. The number of H-pyrrole nitrogens is 1. The molecule has 0 radical (unpaired) electrons. The number of nitrogens with one attached hydrogen (secondary N) is 2. The van der Waals surface area contributed by atoms with Gasteiger partial charge in [-0.15, -0.1) is 0 Å². The van der Waals surface area contributed by atoms with Crippen LogP contribution in [0.15, 0.2) is 53.3 Å². The number of aromatic nitrogens is 1. The topological polar surface area (TPSA) is 68.4 Å². The lowest BCUT2D eigenvalue weighted by molar-refractivity contribution is 0.266. The highest BCUT2D eigenvalue weighted by atomic mass is 32.1. The molecule has 2 aromatic carbocycles. The third-order valence-corrected chi connectivity index (χ3v) is 5.06. The number of thiocarbonyl (C=S) groups is 1. The average Bonchev–Trinajstić information content (AvgIpc) is 2.68. The number of fused-ring (bicyclic) bond motifs is 1. The zero-order valence-corrected chi connectivity index (χ0v) is 17.0. The first-order chi connectivity index (χ1) is 13.5. The Kier molecular flexibility index (Phi) is 6.44. The van der Waals surface area contributed by atoms with Crippen LogP contribution in [0.5, 0.6) is 0 Å². The van der Waals surface area contributed by atoms with Gasteiger partial charge in [-0.05, 0) is 61.6 Å². The molecule has 1 heterocycles. The van der Waals surface area contributed by atoms with Crippen LogP contribution in [0.2, 0.25) is 0 Å². The van der Waals surface area contributed by atoms with Gasteiger partial charge in [-0.3, -0.25) is 4.79 Å². The molecule has 0 aliphatic heterocycles. The first-order valence-electron chi connectivity index (χ1n) is 9.33. The molecule has 0 spiro atoms. The van der Waals surface area contributed by atoms with E-state index >= 15 is 0 Å². The highest BCUT2D eigenvalue weighted by Gasteiger charge is 2.14. The molecule has 0 unspecified atom stereocenters. The zero-order valence-electron chi connectivity index (χ0n) is 16.2. The summed E-state index contributed by atoms with van der Waals surface area (Å²) in [6, 6.07) is 15.8. The van der Waals surface area contributed by atoms with Crippen LogP contribution in [0, 0.1) is 13.8 Å². The molecule has 0 saturated carbocycles. The molecule has 28 heavy (non-hydrogen) atoms. The van der Waals surface area contributed by atoms with E-state index in [1.807, 2.05) is 67.3 Å². The molecule has 3 rings (SSSR count). The molecule has 146 valence electrons. The lowest BCUT2D eigenvalue weighted by Gasteiger charge is -2.25. The van der Waals surface area contributed by atoms with Crippen LogP contribution in [0.4, 0.5) is 5.69 Å². The normalized spacial score (nSPS) is 10.8. The Labute approximate surface area is 170 Å². The Morgan fingerprint density at radius 1 is 1.18 bits per heavy atom. The van der Waals surface area contributed by atoms with Crippen LogP contribution in [-0.2, 0) is 6.54 Å². The number of pyridine rings is 1. The molecule has 5 nitrogen and oxygen atoms in total. The fourth-order valence-electron chi connectivity index (χ4n) is 3.11. The minimum Gasteiger partial charge on any atom is -0.396 e. The van der Waals surface area contributed by atoms with E-state index in [1.54, 1.807) is 0 Å². The summed E-state index contributed by atoms with van der Waals surface area (Å²) in [4.78, 5) is 17.5. The standard InChI is InChI=1S/C22H25N3O2S/c1-15-7-9-19(10-8-15)23-22(28)25(11-4-12-26)14-18-13-17-6-3-5-16(2)20(17)24-21(18)27/h3,5-10,13,26H,4,11-12,14H2,1-2H3,(H,23,28)(H,24,27). The summed E-state index contributed by atoms with van der Waals surface area (Å²) in [5.41, 5.74) is 4.49. The second-order valence-corrected chi connectivity index (χ2v) is 7.34. The van der Waals surface area contributed by atoms with Crippen molar-refractivity contribution < 1.29 is 5.11 Å². The van der Waals surface area contributed by atoms with Gasteiger partial charge in [-0.1, -0.05) is 35.9 Å². The van der Waals surface area contributed by atoms with E-state index in [9.17, 15) is 9.90 Å². The monoisotopic (exact) mass is 395 g/mol. The van der Waals surface area contributed by atoms with Crippen LogP contribution < -0.4 is 10.9 Å². The van der Waals surface area contributed by atoms with E-state index < -0.39 is 0 Å². The average molecular weight is 396 g/mol. The van der Waals surface area contributed by atoms with Crippen molar-refractivity contribution in [1.29, 1.82) is 0 Å². The molecule has 0 saturated heterocycles. The number of para-hydroxylation sites is 1. The van der Waals surface area contributed by atoms with Gasteiger partial charge >= 0.3 is 0 Å². The van der Waals surface area contributed by atoms with Gasteiger partial charge in [0, 0.05) is 24.4 Å². The number of aliphatic hydroxyl groups is 1. The van der Waals surface area contributed by atoms with Gasteiger partial charge in [0.15, 0.2) is 5.11 Å². The number of aromatic amines is 1. The molecule has 0 aliphatic rings. The van der Waals surface area contributed by atoms with Crippen molar-refractivity contribution in [2.75, 3.05) is 18.5 Å². The molecule has 6 heteroatoms. The van der Waals surface area contributed by atoms with E-state index in [0.717, 1.165) is 22.2 Å². The van der Waals surface area contributed by atoms with Crippen LogP contribution in [0.3, 0.4) is 0 Å². The molecular formula is C22H25N3O2S. The van der Waals surface area contributed by atoms with E-state index in [2.05, 4.69) is 10.3 Å². The predicted molar refractivity (Wildman–Crippen MR) is 119 cm³/mol. The second kappa shape index (κ2) is 8.99. The van der Waals surface area contributed by atoms with Crippen LogP contribution in [-0.4, -0.2) is 33.3 Å². The molecule has 1 aromatic heterocycles. The van der Waals surface area contributed by atoms with E-state index in [4.69, 9.17) is 12.2 Å². The SMILES string of the molecule is Cc1ccc(NC(=S)N(CCCO)Cc2cc3cccc(C)c3[nH]c2=O)cc1. The Balaban J connectivity index is 1.84. The van der Waals surface area contributed by atoms with E-state index in [1.165, 1.54) is 5.56 Å².